The number of ether oxygens (including phenoxy) is 1. The third-order valence-corrected chi connectivity index (χ3v) is 18.6. The molecule has 0 spiro atoms. The molecule has 10 fully saturated rings. The van der Waals surface area contributed by atoms with Crippen LogP contribution in [0.1, 0.15) is 131 Å². The van der Waals surface area contributed by atoms with Crippen molar-refractivity contribution in [2.24, 2.45) is 59.2 Å². The second-order valence-electron chi connectivity index (χ2n) is 20.6. The number of thioether (sulfide) groups is 2. The Bertz CT molecular complexity index is 1980. The molecular weight excluding hydrogens is 817 g/mol. The summed E-state index contributed by atoms with van der Waals surface area (Å²) in [5.74, 6) is 7.89. The van der Waals surface area contributed by atoms with Gasteiger partial charge in [-0.3, -0.25) is 19.2 Å². The molecule has 13 heteroatoms. The number of carbonyl (C=O) groups excluding carboxylic acids is 4. The summed E-state index contributed by atoms with van der Waals surface area (Å²) in [6.07, 6.45) is 16.4. The smallest absolute Gasteiger partial charge is 0.318 e. The summed E-state index contributed by atoms with van der Waals surface area (Å²) in [7, 11) is 0. The second kappa shape index (κ2) is 18.3. The average molecular weight is 883 g/mol. The summed E-state index contributed by atoms with van der Waals surface area (Å²) >= 11 is 3.27. The van der Waals surface area contributed by atoms with Crippen LogP contribution < -0.4 is 20.4 Å². The quantitative estimate of drug-likeness (QED) is 0.102. The van der Waals surface area contributed by atoms with Crippen LogP contribution in [0, 0.1) is 59.2 Å². The van der Waals surface area contributed by atoms with Crippen molar-refractivity contribution in [2.45, 2.75) is 132 Å². The molecule has 8 aliphatic carbocycles. The number of nitrogens with one attached hydrogen (secondary N) is 2. The highest BCUT2D eigenvalue weighted by atomic mass is 32.2. The molecule has 0 aromatic carbocycles. The number of amides is 2. The predicted octanol–water partition coefficient (Wildman–Crippen LogP) is 8.40. The van der Waals surface area contributed by atoms with Crippen molar-refractivity contribution < 1.29 is 23.9 Å². The molecule has 11 nitrogen and oxygen atoms in total. The van der Waals surface area contributed by atoms with Gasteiger partial charge in [0.2, 0.25) is 0 Å². The number of esters is 2. The fraction of sp³-hybridized carbons (Fsp3) is 0.714. The van der Waals surface area contributed by atoms with Gasteiger partial charge in [-0.2, -0.15) is 0 Å². The Morgan fingerprint density at radius 3 is 1.55 bits per heavy atom. The van der Waals surface area contributed by atoms with Crippen molar-refractivity contribution in [2.75, 3.05) is 47.5 Å². The minimum Gasteiger partial charge on any atom is -0.393 e. The van der Waals surface area contributed by atoms with Crippen molar-refractivity contribution in [3.8, 4) is 0 Å². The molecule has 2 aliphatic heterocycles. The zero-order valence-corrected chi connectivity index (χ0v) is 38.4. The van der Waals surface area contributed by atoms with E-state index in [9.17, 15) is 19.2 Å². The number of hydrogen-bond acceptors (Lipinski definition) is 11. The number of nitrogens with zero attached hydrogens (tertiary/aromatic N) is 4. The number of carbonyl (C=O) groups is 4. The van der Waals surface area contributed by atoms with Crippen LogP contribution in [0.2, 0.25) is 0 Å². The summed E-state index contributed by atoms with van der Waals surface area (Å²) in [5.41, 5.74) is 1.31. The Kier molecular flexibility index (Phi) is 12.6. The van der Waals surface area contributed by atoms with Crippen molar-refractivity contribution in [3.05, 3.63) is 35.4 Å². The third kappa shape index (κ3) is 8.88. The first-order valence-corrected chi connectivity index (χ1v) is 26.3. The van der Waals surface area contributed by atoms with Crippen LogP contribution in [-0.2, 0) is 14.3 Å². The Hall–Kier alpha value is -3.32. The Balaban J connectivity index is 0.715. The van der Waals surface area contributed by atoms with Crippen LogP contribution in [0.25, 0.3) is 0 Å². The maximum atomic E-state index is 13.8. The largest absolute Gasteiger partial charge is 0.393 e. The molecule has 0 radical (unpaired) electrons. The van der Waals surface area contributed by atoms with E-state index in [0.29, 0.717) is 60.9 Å². The molecule has 2 aromatic rings. The first kappa shape index (κ1) is 42.6. The molecule has 8 saturated carbocycles. The summed E-state index contributed by atoms with van der Waals surface area (Å²) in [6, 6.07) is 8.30. The molecule has 2 amide bonds. The van der Waals surface area contributed by atoms with Gasteiger partial charge in [0.05, 0.1) is 23.5 Å². The lowest BCUT2D eigenvalue weighted by molar-refractivity contribution is -0.162. The van der Waals surface area contributed by atoms with Crippen LogP contribution in [0.3, 0.4) is 0 Å². The normalized spacial score (nSPS) is 33.9. The molecule has 62 heavy (non-hydrogen) atoms. The maximum Gasteiger partial charge on any atom is 0.318 e. The van der Waals surface area contributed by atoms with Gasteiger partial charge in [-0.25, -0.2) is 9.97 Å². The highest BCUT2D eigenvalue weighted by Gasteiger charge is 2.50. The van der Waals surface area contributed by atoms with E-state index in [1.165, 1.54) is 64.2 Å². The van der Waals surface area contributed by atoms with Crippen LogP contribution in [0.4, 0.5) is 11.6 Å². The van der Waals surface area contributed by atoms with Gasteiger partial charge in [0.1, 0.15) is 21.7 Å². The standard InChI is InChI=1S/C49H66N6O5S2/c1-3-13-61-47-38(45(57)52-43-34-17-29-15-30(19-34)20-35(43)18-29)5-7-40(50-47)54-11-9-28(26-54)25-42(56)60-49(59)33-10-12-55(27-33)41-8-6-39(48(51-41)62-14-4-2)46(58)53-44-36-21-31-16-32(23-36)24-37(44)22-31/h5-8,28-37,43-44H,3-4,9-27H2,1-2H3,(H,52,57)(H,53,58)/t28-,29?,30?,31?,32?,33-,34?,35?,36?,37?,43?,44?/m1/s1. The highest BCUT2D eigenvalue weighted by molar-refractivity contribution is 7.99. The second-order valence-corrected chi connectivity index (χ2v) is 22.8. The lowest BCUT2D eigenvalue weighted by Crippen LogP contribution is -2.55. The lowest BCUT2D eigenvalue weighted by Gasteiger charge is -2.54. The van der Waals surface area contributed by atoms with Gasteiger partial charge < -0.3 is 25.2 Å². The molecule has 4 heterocycles. The molecular formula is C49H66N6O5S2. The van der Waals surface area contributed by atoms with E-state index in [1.54, 1.807) is 23.5 Å². The summed E-state index contributed by atoms with van der Waals surface area (Å²) in [4.78, 5) is 68.4. The monoisotopic (exact) mass is 882 g/mol. The first-order chi connectivity index (χ1) is 30.2. The number of aromatic nitrogens is 2. The zero-order chi connectivity index (χ0) is 42.5. The molecule has 2 aromatic heterocycles. The molecule has 10 aliphatic rings. The van der Waals surface area contributed by atoms with Crippen LogP contribution >= 0.6 is 23.5 Å². The van der Waals surface area contributed by atoms with E-state index in [2.05, 4.69) is 34.3 Å². The van der Waals surface area contributed by atoms with Gasteiger partial charge in [-0.05, 0) is 179 Å². The van der Waals surface area contributed by atoms with E-state index < -0.39 is 17.9 Å². The molecule has 0 unspecified atom stereocenters. The van der Waals surface area contributed by atoms with Gasteiger partial charge in [-0.15, -0.1) is 23.5 Å². The Morgan fingerprint density at radius 2 is 1.08 bits per heavy atom. The molecule has 8 bridgehead atoms. The maximum absolute atomic E-state index is 13.8. The van der Waals surface area contributed by atoms with Gasteiger partial charge in [0.25, 0.3) is 11.8 Å². The van der Waals surface area contributed by atoms with Gasteiger partial charge in [0.15, 0.2) is 0 Å². The van der Waals surface area contributed by atoms with E-state index in [0.717, 1.165) is 82.7 Å². The minimum atomic E-state index is -0.477. The Labute approximate surface area is 376 Å². The summed E-state index contributed by atoms with van der Waals surface area (Å²) < 4.78 is 5.50. The zero-order valence-electron chi connectivity index (χ0n) is 36.7. The topological polar surface area (TPSA) is 134 Å². The first-order valence-electron chi connectivity index (χ1n) is 24.3. The third-order valence-electron chi connectivity index (χ3n) is 16.2. The average Bonchev–Trinajstić information content (AvgIpc) is 3.95. The van der Waals surface area contributed by atoms with Crippen LogP contribution in [0.5, 0.6) is 0 Å². The molecule has 2 N–H and O–H groups in total. The Morgan fingerprint density at radius 1 is 0.629 bits per heavy atom. The fourth-order valence-corrected chi connectivity index (χ4v) is 15.5. The van der Waals surface area contributed by atoms with Crippen LogP contribution in [-0.4, -0.2) is 83.5 Å². The van der Waals surface area contributed by atoms with Crippen molar-refractivity contribution >= 4 is 58.9 Å². The van der Waals surface area contributed by atoms with Crippen molar-refractivity contribution in [1.29, 1.82) is 0 Å². The van der Waals surface area contributed by atoms with E-state index >= 15 is 0 Å². The minimum absolute atomic E-state index is 0.00801. The van der Waals surface area contributed by atoms with Crippen LogP contribution in [0.15, 0.2) is 34.3 Å². The number of hydrogen-bond donors (Lipinski definition) is 2. The SMILES string of the molecule is CCCSc1nc(N2CC[C@H](CC(=O)OC(=O)[C@@H]3CCN(c4ccc(C(=O)NC5C6CC7CC(C6)CC5C7)c(SCCC)n4)C3)C2)ccc1C(=O)NC1C2CC3CC(C2)CC1C3. The summed E-state index contributed by atoms with van der Waals surface area (Å²) in [6.45, 7) is 6.73. The summed E-state index contributed by atoms with van der Waals surface area (Å²) in [5, 5.41) is 8.49. The number of rotatable bonds is 15. The molecule has 2 saturated heterocycles. The number of pyridine rings is 2. The van der Waals surface area contributed by atoms with E-state index in [4.69, 9.17) is 14.7 Å². The fourth-order valence-electron chi connectivity index (χ4n) is 13.8. The predicted molar refractivity (Wildman–Crippen MR) is 243 cm³/mol. The highest BCUT2D eigenvalue weighted by Crippen LogP contribution is 2.55. The molecule has 2 atom stereocenters. The van der Waals surface area contributed by atoms with Gasteiger partial charge in [-0.1, -0.05) is 13.8 Å². The lowest BCUT2D eigenvalue weighted by atomic mass is 9.54. The van der Waals surface area contributed by atoms with E-state index in [1.807, 2.05) is 24.3 Å². The number of anilines is 2. The van der Waals surface area contributed by atoms with Crippen molar-refractivity contribution in [1.82, 2.24) is 20.6 Å². The van der Waals surface area contributed by atoms with Gasteiger partial charge >= 0.3 is 11.9 Å². The molecule has 12 rings (SSSR count). The van der Waals surface area contributed by atoms with Crippen molar-refractivity contribution in [3.63, 3.8) is 0 Å². The van der Waals surface area contributed by atoms with Gasteiger partial charge in [0, 0.05) is 38.3 Å². The molecule has 334 valence electrons. The van der Waals surface area contributed by atoms with E-state index in [-0.39, 0.29) is 36.2 Å².